The van der Waals surface area contributed by atoms with Crippen LogP contribution in [0.1, 0.15) is 93.4 Å². The van der Waals surface area contributed by atoms with Gasteiger partial charge in [0.15, 0.2) is 6.17 Å². The van der Waals surface area contributed by atoms with Gasteiger partial charge in [0.25, 0.3) is 0 Å². The summed E-state index contributed by atoms with van der Waals surface area (Å²) in [5, 5.41) is 5.07. The molecule has 0 saturated carbocycles. The van der Waals surface area contributed by atoms with Gasteiger partial charge in [0, 0.05) is 62.1 Å². The van der Waals surface area contributed by atoms with E-state index in [1.165, 1.54) is 56.2 Å². The van der Waals surface area contributed by atoms with Gasteiger partial charge in [-0.25, -0.2) is 9.98 Å². The lowest BCUT2D eigenvalue weighted by molar-refractivity contribution is 0.341. The van der Waals surface area contributed by atoms with Crippen LogP contribution in [0.4, 0.5) is 11.4 Å². The third-order valence-corrected chi connectivity index (χ3v) is 14.0. The number of rotatable bonds is 10. The number of para-hydroxylation sites is 1. The average Bonchev–Trinajstić information content (AvgIpc) is 3.68. The summed E-state index contributed by atoms with van der Waals surface area (Å²) in [7, 11) is 0. The lowest BCUT2D eigenvalue weighted by Crippen LogP contribution is -2.41. The number of aromatic nitrogens is 1. The molecule has 5 aromatic rings. The summed E-state index contributed by atoms with van der Waals surface area (Å²) in [5.74, 6) is 2.36. The molecular weight excluding hydrogens is 793 g/mol. The molecule has 6 heteroatoms. The van der Waals surface area contributed by atoms with Crippen LogP contribution in [-0.4, -0.2) is 22.3 Å². The van der Waals surface area contributed by atoms with Crippen molar-refractivity contribution >= 4 is 40.0 Å². The van der Waals surface area contributed by atoms with Gasteiger partial charge in [-0.15, -0.1) is 0 Å². The van der Waals surface area contributed by atoms with E-state index in [0.29, 0.717) is 5.92 Å². The van der Waals surface area contributed by atoms with Crippen LogP contribution in [-0.2, 0) is 6.42 Å². The van der Waals surface area contributed by atoms with Gasteiger partial charge in [-0.05, 0) is 118 Å². The van der Waals surface area contributed by atoms with E-state index >= 15 is 0 Å². The Hall–Kier alpha value is -6.92. The van der Waals surface area contributed by atoms with E-state index in [4.69, 9.17) is 9.98 Å². The molecule has 0 bridgehead atoms. The Balaban J connectivity index is 1.03. The third-order valence-electron chi connectivity index (χ3n) is 14.0. The van der Waals surface area contributed by atoms with Crippen molar-refractivity contribution in [2.75, 3.05) is 9.80 Å². The number of nitrogens with zero attached hydrogens (tertiary/aromatic N) is 5. The summed E-state index contributed by atoms with van der Waals surface area (Å²) in [4.78, 5) is 15.6. The van der Waals surface area contributed by atoms with Gasteiger partial charge >= 0.3 is 0 Å². The Morgan fingerprint density at radius 2 is 1.46 bits per heavy atom. The van der Waals surface area contributed by atoms with Crippen molar-refractivity contribution < 1.29 is 0 Å². The van der Waals surface area contributed by atoms with Crippen LogP contribution in [0.2, 0.25) is 0 Å². The molecule has 11 rings (SSSR count). The Morgan fingerprint density at radius 1 is 0.723 bits per heavy atom. The molecule has 5 unspecified atom stereocenters. The summed E-state index contributed by atoms with van der Waals surface area (Å²) in [6.07, 6.45) is 36.1. The Morgan fingerprint density at radius 3 is 2.17 bits per heavy atom. The van der Waals surface area contributed by atoms with Crippen molar-refractivity contribution in [2.24, 2.45) is 21.8 Å². The van der Waals surface area contributed by atoms with E-state index in [1.807, 2.05) is 0 Å². The topological polar surface area (TPSA) is 48.2 Å². The standard InChI is InChI=1S/C59H58N6/c1-41-37-45(59-61-57(43-21-9-3-10-22-43)60-58(62-59)44-23-11-4-12-24-44)38-42(2)56(41)65-54-35-33-50(63(46-25-13-5-14-26-46)47-27-15-6-16-28-47)39-52(54)53-40-51(34-36-55(53)65)64(48-29-17-7-18-30-48)49-31-19-8-20-32-49/h3-5,7,9-15,17-19,21-29,31-32,34,36-37,39-40,42,45,48,56-57H,6,8,16,20,30,33,35,38H2,1-2H3,(H,60,61,62). The summed E-state index contributed by atoms with van der Waals surface area (Å²) in [6.45, 7) is 4.82. The van der Waals surface area contributed by atoms with E-state index in [0.717, 1.165) is 74.2 Å². The molecule has 0 radical (unpaired) electrons. The average molecular weight is 851 g/mol. The molecule has 324 valence electrons. The highest BCUT2D eigenvalue weighted by Gasteiger charge is 2.37. The first-order valence-corrected chi connectivity index (χ1v) is 23.9. The number of anilines is 2. The van der Waals surface area contributed by atoms with Crippen LogP contribution in [0.25, 0.3) is 17.0 Å². The number of allylic oxidation sites excluding steroid dienone is 10. The Kier molecular flexibility index (Phi) is 11.3. The van der Waals surface area contributed by atoms with Gasteiger partial charge in [0.2, 0.25) is 0 Å². The molecule has 0 amide bonds. The molecule has 2 heterocycles. The largest absolute Gasteiger partial charge is 0.337 e. The summed E-state index contributed by atoms with van der Waals surface area (Å²) in [5.41, 5.74) is 14.0. The van der Waals surface area contributed by atoms with E-state index in [1.54, 1.807) is 0 Å². The molecular formula is C59H58N6. The van der Waals surface area contributed by atoms with E-state index in [9.17, 15) is 0 Å². The number of nitrogens with one attached hydrogen (secondary N) is 1. The van der Waals surface area contributed by atoms with Gasteiger partial charge in [0.05, 0.1) is 12.1 Å². The summed E-state index contributed by atoms with van der Waals surface area (Å²) < 4.78 is 2.74. The molecule has 4 aromatic carbocycles. The molecule has 6 aliphatic rings. The van der Waals surface area contributed by atoms with Gasteiger partial charge in [0.1, 0.15) is 11.7 Å². The number of amidine groups is 2. The van der Waals surface area contributed by atoms with E-state index in [-0.39, 0.29) is 24.2 Å². The molecule has 0 saturated heterocycles. The highest BCUT2D eigenvalue weighted by Crippen LogP contribution is 2.47. The fraction of sp³-hybridized carbons (Fsp3) is 0.254. The molecule has 5 aliphatic carbocycles. The van der Waals surface area contributed by atoms with E-state index < -0.39 is 0 Å². The van der Waals surface area contributed by atoms with Crippen LogP contribution >= 0.6 is 0 Å². The first kappa shape index (κ1) is 40.8. The molecule has 1 aromatic heterocycles. The first-order valence-electron chi connectivity index (χ1n) is 23.9. The van der Waals surface area contributed by atoms with Crippen molar-refractivity contribution in [2.45, 2.75) is 83.5 Å². The maximum Gasteiger partial charge on any atom is 0.169 e. The molecule has 6 nitrogen and oxygen atoms in total. The molecule has 65 heavy (non-hydrogen) atoms. The zero-order valence-electron chi connectivity index (χ0n) is 37.6. The minimum absolute atomic E-state index is 0.136. The van der Waals surface area contributed by atoms with Gasteiger partial charge < -0.3 is 19.7 Å². The molecule has 1 N–H and O–H groups in total. The SMILES string of the molecule is CC1=CC(C2=NC(c3ccccc3)N=C(c3ccccc3)N2)CC(C)C1n1c2c(c3cc(N(C4=CCCC=C4)C4C=CC=CC4)ccc31)C=C(N(C1=CCCC=C1)c1ccccc1)CC2. The Labute approximate surface area is 384 Å². The highest BCUT2D eigenvalue weighted by molar-refractivity contribution is 6.11. The normalized spacial score (nSPS) is 23.6. The van der Waals surface area contributed by atoms with E-state index in [2.05, 4.69) is 216 Å². The van der Waals surface area contributed by atoms with Crippen molar-refractivity contribution in [1.29, 1.82) is 0 Å². The van der Waals surface area contributed by atoms with Crippen LogP contribution in [0, 0.1) is 11.8 Å². The second-order valence-corrected chi connectivity index (χ2v) is 18.4. The van der Waals surface area contributed by atoms with Crippen LogP contribution < -0.4 is 15.1 Å². The molecule has 1 aliphatic heterocycles. The summed E-state index contributed by atoms with van der Waals surface area (Å²) in [6, 6.07) is 39.8. The second-order valence-electron chi connectivity index (χ2n) is 18.4. The Bertz CT molecular complexity index is 2900. The monoisotopic (exact) mass is 850 g/mol. The lowest BCUT2D eigenvalue weighted by atomic mass is 9.78. The molecule has 0 fully saturated rings. The first-order chi connectivity index (χ1) is 32.1. The van der Waals surface area contributed by atoms with Crippen LogP contribution in [0.15, 0.2) is 209 Å². The number of fused-ring (bicyclic) bond motifs is 3. The van der Waals surface area contributed by atoms with Crippen molar-refractivity contribution in [3.63, 3.8) is 0 Å². The number of hydrogen-bond acceptors (Lipinski definition) is 5. The van der Waals surface area contributed by atoms with Crippen LogP contribution in [0.5, 0.6) is 0 Å². The zero-order chi connectivity index (χ0) is 43.7. The van der Waals surface area contributed by atoms with Crippen molar-refractivity contribution in [3.05, 3.63) is 221 Å². The summed E-state index contributed by atoms with van der Waals surface area (Å²) >= 11 is 0. The van der Waals surface area contributed by atoms with Crippen molar-refractivity contribution in [3.8, 4) is 0 Å². The maximum absolute atomic E-state index is 5.34. The minimum Gasteiger partial charge on any atom is -0.337 e. The van der Waals surface area contributed by atoms with Crippen LogP contribution in [0.3, 0.4) is 0 Å². The van der Waals surface area contributed by atoms with Gasteiger partial charge in [-0.1, -0.05) is 146 Å². The predicted molar refractivity (Wildman–Crippen MR) is 272 cm³/mol. The van der Waals surface area contributed by atoms with Crippen molar-refractivity contribution in [1.82, 2.24) is 9.88 Å². The fourth-order valence-corrected chi connectivity index (χ4v) is 11.1. The number of hydrogen-bond donors (Lipinski definition) is 1. The lowest BCUT2D eigenvalue weighted by Gasteiger charge is -2.38. The molecule has 0 spiro atoms. The molecule has 5 atom stereocenters. The van der Waals surface area contributed by atoms with Gasteiger partial charge in [-0.2, -0.15) is 0 Å². The van der Waals surface area contributed by atoms with Gasteiger partial charge in [-0.3, -0.25) is 0 Å². The third kappa shape index (κ3) is 8.01. The minimum atomic E-state index is -0.296. The highest BCUT2D eigenvalue weighted by atomic mass is 15.2. The number of benzene rings is 4. The second kappa shape index (κ2) is 17.9. The zero-order valence-corrected chi connectivity index (χ0v) is 37.6. The smallest absolute Gasteiger partial charge is 0.169 e. The number of aliphatic imine (C=N–C) groups is 2. The fourth-order valence-electron chi connectivity index (χ4n) is 11.1. The maximum atomic E-state index is 5.34. The quantitative estimate of drug-likeness (QED) is 0.142. The predicted octanol–water partition coefficient (Wildman–Crippen LogP) is 13.9.